The van der Waals surface area contributed by atoms with Crippen LogP contribution >= 0.6 is 0 Å². The molecule has 18 nitrogen and oxygen atoms in total. The molecular weight excluding hydrogens is 626 g/mol. The van der Waals surface area contributed by atoms with Crippen molar-refractivity contribution in [1.29, 1.82) is 0 Å². The zero-order valence-corrected chi connectivity index (χ0v) is 27.4. The molecule has 5 amide bonds. The summed E-state index contributed by atoms with van der Waals surface area (Å²) >= 11 is 0. The summed E-state index contributed by atoms with van der Waals surface area (Å²) in [5.41, 5.74) is 0. The molecule has 0 rings (SSSR count). The Morgan fingerprint density at radius 2 is 1.32 bits per heavy atom. The van der Waals surface area contributed by atoms with Crippen LogP contribution < -0.4 is 26.6 Å². The number of rotatable bonds is 22. The number of ketones is 1. The van der Waals surface area contributed by atoms with Crippen molar-refractivity contribution in [2.45, 2.75) is 70.6 Å². The van der Waals surface area contributed by atoms with Gasteiger partial charge in [-0.25, -0.2) is 4.79 Å². The Kier molecular flexibility index (Phi) is 20.3. The van der Waals surface area contributed by atoms with Crippen molar-refractivity contribution >= 4 is 53.2 Å². The molecule has 0 radical (unpaired) electrons. The lowest BCUT2D eigenvalue weighted by molar-refractivity contribution is -0.147. The molecule has 5 N–H and O–H groups in total. The first-order valence-electron chi connectivity index (χ1n) is 14.5. The predicted molar refractivity (Wildman–Crippen MR) is 162 cm³/mol. The van der Waals surface area contributed by atoms with Crippen LogP contribution in [0.1, 0.15) is 46.5 Å². The highest BCUT2D eigenvalue weighted by Crippen LogP contribution is 2.05. The maximum atomic E-state index is 12.9. The summed E-state index contributed by atoms with van der Waals surface area (Å²) in [5.74, 6) is -7.59. The summed E-state index contributed by atoms with van der Waals surface area (Å²) in [7, 11) is 3.47. The highest BCUT2D eigenvalue weighted by atomic mass is 16.5. The first-order chi connectivity index (χ1) is 22.1. The highest BCUT2D eigenvalue weighted by molar-refractivity contribution is 5.96. The van der Waals surface area contributed by atoms with Gasteiger partial charge in [-0.05, 0) is 20.3 Å². The van der Waals surface area contributed by atoms with Gasteiger partial charge in [0.15, 0.2) is 0 Å². The third-order valence-corrected chi connectivity index (χ3v) is 6.27. The molecule has 0 saturated heterocycles. The Morgan fingerprint density at radius 1 is 0.723 bits per heavy atom. The van der Waals surface area contributed by atoms with Crippen molar-refractivity contribution in [3.63, 3.8) is 0 Å². The van der Waals surface area contributed by atoms with E-state index in [-0.39, 0.29) is 38.3 Å². The fraction of sp³-hybridized carbons (Fsp3) is 0.621. The summed E-state index contributed by atoms with van der Waals surface area (Å²) in [6.07, 6.45) is 0.350. The van der Waals surface area contributed by atoms with E-state index in [1.54, 1.807) is 0 Å². The largest absolute Gasteiger partial charge is 0.469 e. The lowest BCUT2D eigenvalue weighted by atomic mass is 10.1. The number of amides is 5. The summed E-state index contributed by atoms with van der Waals surface area (Å²) in [5, 5.41) is 11.7. The van der Waals surface area contributed by atoms with E-state index in [9.17, 15) is 43.2 Å². The zero-order valence-electron chi connectivity index (χ0n) is 27.4. The number of hydrogen-bond donors (Lipinski definition) is 5. The Hall–Kier alpha value is -4.87. The van der Waals surface area contributed by atoms with Gasteiger partial charge in [-0.3, -0.25) is 33.6 Å². The van der Waals surface area contributed by atoms with E-state index < -0.39 is 90.5 Å². The van der Waals surface area contributed by atoms with Crippen LogP contribution in [0, 0.1) is 5.92 Å². The summed E-state index contributed by atoms with van der Waals surface area (Å²) in [6.45, 7) is 6.31. The number of Topliss-reactive ketones (excluding diaryl/α,β-unsaturated/α-hetero) is 1. The molecule has 0 heterocycles. The first kappa shape index (κ1) is 42.1. The number of carbonyl (C=O) groups excluding carboxylic acids is 9. The molecule has 47 heavy (non-hydrogen) atoms. The average Bonchev–Trinajstić information content (AvgIpc) is 3.02. The second kappa shape index (κ2) is 22.6. The quantitative estimate of drug-likeness (QED) is 0.0457. The van der Waals surface area contributed by atoms with Crippen molar-refractivity contribution in [3.05, 3.63) is 12.7 Å². The minimum absolute atomic E-state index is 0.0373. The molecule has 0 bridgehead atoms. The van der Waals surface area contributed by atoms with Crippen LogP contribution in [-0.4, -0.2) is 118 Å². The molecule has 5 unspecified atom stereocenters. The van der Waals surface area contributed by atoms with E-state index in [1.807, 2.05) is 0 Å². The molecule has 0 saturated carbocycles. The second-order valence-electron chi connectivity index (χ2n) is 10.3. The zero-order chi connectivity index (χ0) is 36.1. The minimum Gasteiger partial charge on any atom is -0.469 e. The molecule has 5 atom stereocenters. The molecule has 0 aromatic heterocycles. The SMILES string of the molecule is C=CCOC(=O)C(CCC(C)=O)NC(=O)C(COC)NC(=O)CNC(=O)C(CC(=O)OC)NC(=O)C(C)NC(=O)C(C)CC(=O)OC. The third kappa shape index (κ3) is 17.4. The van der Waals surface area contributed by atoms with Gasteiger partial charge in [0.1, 0.15) is 36.6 Å². The van der Waals surface area contributed by atoms with E-state index in [4.69, 9.17) is 9.47 Å². The molecule has 264 valence electrons. The minimum atomic E-state index is -1.53. The molecule has 0 fully saturated rings. The van der Waals surface area contributed by atoms with Gasteiger partial charge in [0.2, 0.25) is 29.5 Å². The summed E-state index contributed by atoms with van der Waals surface area (Å²) < 4.78 is 19.0. The van der Waals surface area contributed by atoms with E-state index in [2.05, 4.69) is 42.6 Å². The van der Waals surface area contributed by atoms with Crippen LogP contribution in [0.2, 0.25) is 0 Å². The van der Waals surface area contributed by atoms with Gasteiger partial charge in [0.05, 0.1) is 40.2 Å². The average molecular weight is 672 g/mol. The highest BCUT2D eigenvalue weighted by Gasteiger charge is 2.30. The van der Waals surface area contributed by atoms with Crippen LogP contribution in [0.4, 0.5) is 0 Å². The van der Waals surface area contributed by atoms with Gasteiger partial charge >= 0.3 is 17.9 Å². The summed E-state index contributed by atoms with van der Waals surface area (Å²) in [4.78, 5) is 111. The molecule has 0 spiro atoms. The van der Waals surface area contributed by atoms with Crippen LogP contribution in [0.15, 0.2) is 12.7 Å². The topological polar surface area (TPSA) is 251 Å². The fourth-order valence-corrected chi connectivity index (χ4v) is 3.60. The summed E-state index contributed by atoms with van der Waals surface area (Å²) in [6, 6.07) is -5.28. The van der Waals surface area contributed by atoms with E-state index in [0.717, 1.165) is 14.2 Å². The fourth-order valence-electron chi connectivity index (χ4n) is 3.60. The van der Waals surface area contributed by atoms with E-state index in [0.29, 0.717) is 0 Å². The molecule has 18 heteroatoms. The molecular formula is C29H45N5O13. The van der Waals surface area contributed by atoms with Gasteiger partial charge in [-0.15, -0.1) is 0 Å². The first-order valence-corrected chi connectivity index (χ1v) is 14.5. The van der Waals surface area contributed by atoms with Crippen LogP contribution in [0.5, 0.6) is 0 Å². The standard InChI is InChI=1S/C29H45N5O13/c1-8-11-47-29(43)19(10-9-17(3)35)33-28(42)21(15-44-5)32-22(36)14-30-27(41)20(13-24(38)46-7)34-26(40)18(4)31-25(39)16(2)12-23(37)45-6/h8,16,18-21H,1,9-15H2,2-7H3,(H,30,41)(H,31,39)(H,32,36)(H,33,42)(H,34,40). The number of nitrogens with one attached hydrogen (secondary N) is 5. The van der Waals surface area contributed by atoms with Crippen molar-refractivity contribution in [3.8, 4) is 0 Å². The van der Waals surface area contributed by atoms with Crippen molar-refractivity contribution < 1.29 is 62.1 Å². The van der Waals surface area contributed by atoms with Crippen molar-refractivity contribution in [2.24, 2.45) is 5.92 Å². The van der Waals surface area contributed by atoms with Crippen LogP contribution in [0.3, 0.4) is 0 Å². The smallest absolute Gasteiger partial charge is 0.328 e. The number of carbonyl (C=O) groups is 9. The van der Waals surface area contributed by atoms with Crippen molar-refractivity contribution in [1.82, 2.24) is 26.6 Å². The Morgan fingerprint density at radius 3 is 1.87 bits per heavy atom. The second-order valence-corrected chi connectivity index (χ2v) is 10.3. The van der Waals surface area contributed by atoms with Gasteiger partial charge in [0.25, 0.3) is 0 Å². The lowest BCUT2D eigenvalue weighted by Gasteiger charge is -2.23. The normalized spacial score (nSPS) is 13.6. The maximum absolute atomic E-state index is 12.9. The third-order valence-electron chi connectivity index (χ3n) is 6.27. The van der Waals surface area contributed by atoms with Crippen molar-refractivity contribution in [2.75, 3.05) is 41.1 Å². The van der Waals surface area contributed by atoms with E-state index >= 15 is 0 Å². The van der Waals surface area contributed by atoms with Gasteiger partial charge in [-0.2, -0.15) is 0 Å². The number of esters is 3. The maximum Gasteiger partial charge on any atom is 0.328 e. The molecule has 0 aliphatic rings. The van der Waals surface area contributed by atoms with Crippen LogP contribution in [0.25, 0.3) is 0 Å². The molecule has 0 aromatic rings. The molecule has 0 aromatic carbocycles. The molecule has 0 aliphatic heterocycles. The monoisotopic (exact) mass is 671 g/mol. The lowest BCUT2D eigenvalue weighted by Crippen LogP contribution is -2.56. The number of hydrogen-bond acceptors (Lipinski definition) is 13. The predicted octanol–water partition coefficient (Wildman–Crippen LogP) is -2.43. The van der Waals surface area contributed by atoms with Gasteiger partial charge < -0.3 is 50.3 Å². The van der Waals surface area contributed by atoms with Crippen LogP contribution in [-0.2, 0) is 62.1 Å². The number of ether oxygens (including phenoxy) is 4. The number of methoxy groups -OCH3 is 3. The van der Waals surface area contributed by atoms with Gasteiger partial charge in [0, 0.05) is 19.4 Å². The van der Waals surface area contributed by atoms with E-state index in [1.165, 1.54) is 34.0 Å². The Bertz CT molecular complexity index is 1160. The Labute approximate surface area is 272 Å². The molecule has 0 aliphatic carbocycles. The van der Waals surface area contributed by atoms with Gasteiger partial charge in [-0.1, -0.05) is 19.6 Å². The Balaban J connectivity index is 5.43.